The Morgan fingerprint density at radius 1 is 1.04 bits per heavy atom. The standard InChI is InChI=1S/C18H18N2O5/c1-2-12-18(24)25-14-9-5-8-13(17(23)19(12)14)20-15(21)10-6-3-4-7-11(10)16(20)22/h3-4,6-7,12-14H,2,5,8-9H2,1H3/t12-,13-,14+/m0/s1. The van der Waals surface area contributed by atoms with E-state index in [1.807, 2.05) is 6.92 Å². The molecule has 3 amide bonds. The van der Waals surface area contributed by atoms with Crippen molar-refractivity contribution in [3.8, 4) is 0 Å². The summed E-state index contributed by atoms with van der Waals surface area (Å²) in [5.41, 5.74) is 0.642. The molecule has 130 valence electrons. The number of imide groups is 1. The van der Waals surface area contributed by atoms with Crippen molar-refractivity contribution in [2.45, 2.75) is 50.9 Å². The van der Waals surface area contributed by atoms with Gasteiger partial charge in [-0.2, -0.15) is 0 Å². The molecule has 7 heteroatoms. The molecule has 2 saturated heterocycles. The molecule has 2 fully saturated rings. The number of fused-ring (bicyclic) bond motifs is 2. The van der Waals surface area contributed by atoms with E-state index in [0.717, 1.165) is 4.90 Å². The van der Waals surface area contributed by atoms with Gasteiger partial charge in [-0.1, -0.05) is 19.1 Å². The van der Waals surface area contributed by atoms with Crippen LogP contribution in [0.4, 0.5) is 0 Å². The van der Waals surface area contributed by atoms with Gasteiger partial charge in [-0.05, 0) is 31.4 Å². The second-order valence-corrected chi connectivity index (χ2v) is 6.53. The lowest BCUT2D eigenvalue weighted by atomic mass is 10.1. The summed E-state index contributed by atoms with van der Waals surface area (Å²) in [5.74, 6) is -1.69. The maximum Gasteiger partial charge on any atom is 0.330 e. The van der Waals surface area contributed by atoms with Crippen molar-refractivity contribution >= 4 is 23.7 Å². The fraction of sp³-hybridized carbons (Fsp3) is 0.444. The molecule has 0 bridgehead atoms. The molecule has 0 saturated carbocycles. The summed E-state index contributed by atoms with van der Waals surface area (Å²) in [6, 6.07) is 5.04. The Labute approximate surface area is 144 Å². The normalized spacial score (nSPS) is 28.8. The number of amides is 3. The van der Waals surface area contributed by atoms with Gasteiger partial charge in [0.2, 0.25) is 5.91 Å². The largest absolute Gasteiger partial charge is 0.440 e. The minimum absolute atomic E-state index is 0.321. The predicted octanol–water partition coefficient (Wildman–Crippen LogP) is 1.33. The van der Waals surface area contributed by atoms with Crippen LogP contribution >= 0.6 is 0 Å². The molecule has 1 aromatic rings. The molecule has 3 aliphatic heterocycles. The summed E-state index contributed by atoms with van der Waals surface area (Å²) in [6.45, 7) is 1.81. The van der Waals surface area contributed by atoms with E-state index in [-0.39, 0.29) is 5.91 Å². The lowest BCUT2D eigenvalue weighted by Crippen LogP contribution is -2.53. The molecule has 7 nitrogen and oxygen atoms in total. The SMILES string of the molecule is CC[C@H]1C(=O)O[C@@H]2CCC[C@H](N3C(=O)c4ccccc4C3=O)C(=O)N21. The number of esters is 1. The Morgan fingerprint density at radius 2 is 1.68 bits per heavy atom. The molecule has 0 aliphatic carbocycles. The van der Waals surface area contributed by atoms with Gasteiger partial charge in [0.25, 0.3) is 11.8 Å². The van der Waals surface area contributed by atoms with Gasteiger partial charge in [-0.25, -0.2) is 4.79 Å². The highest BCUT2D eigenvalue weighted by Crippen LogP contribution is 2.33. The van der Waals surface area contributed by atoms with E-state index in [1.54, 1.807) is 24.3 Å². The first-order valence-electron chi connectivity index (χ1n) is 8.54. The highest BCUT2D eigenvalue weighted by molar-refractivity contribution is 6.22. The second kappa shape index (κ2) is 5.68. The summed E-state index contributed by atoms with van der Waals surface area (Å²) < 4.78 is 5.32. The molecule has 0 radical (unpaired) electrons. The molecule has 3 aliphatic rings. The summed E-state index contributed by atoms with van der Waals surface area (Å²) in [5, 5.41) is 0. The molecule has 3 atom stereocenters. The van der Waals surface area contributed by atoms with Crippen LogP contribution in [0.5, 0.6) is 0 Å². The van der Waals surface area contributed by atoms with Crippen molar-refractivity contribution in [1.29, 1.82) is 0 Å². The zero-order chi connectivity index (χ0) is 17.7. The van der Waals surface area contributed by atoms with Crippen LogP contribution in [-0.2, 0) is 14.3 Å². The van der Waals surface area contributed by atoms with Crippen LogP contribution in [0.25, 0.3) is 0 Å². The molecule has 0 spiro atoms. The van der Waals surface area contributed by atoms with Crippen molar-refractivity contribution in [2.24, 2.45) is 0 Å². The Morgan fingerprint density at radius 3 is 2.28 bits per heavy atom. The lowest BCUT2D eigenvalue weighted by molar-refractivity contribution is -0.143. The van der Waals surface area contributed by atoms with E-state index in [9.17, 15) is 19.2 Å². The zero-order valence-corrected chi connectivity index (χ0v) is 13.8. The minimum atomic E-state index is -0.888. The average Bonchev–Trinajstić information content (AvgIpc) is 3.00. The first-order chi connectivity index (χ1) is 12.0. The van der Waals surface area contributed by atoms with E-state index in [0.29, 0.717) is 36.8 Å². The number of benzene rings is 1. The smallest absolute Gasteiger partial charge is 0.330 e. The van der Waals surface area contributed by atoms with E-state index in [2.05, 4.69) is 0 Å². The number of hydrogen-bond donors (Lipinski definition) is 0. The van der Waals surface area contributed by atoms with Gasteiger partial charge in [0.05, 0.1) is 11.1 Å². The fourth-order valence-electron chi connectivity index (χ4n) is 3.95. The van der Waals surface area contributed by atoms with Gasteiger partial charge < -0.3 is 4.74 Å². The summed E-state index contributed by atoms with van der Waals surface area (Å²) in [4.78, 5) is 53.0. The first-order valence-corrected chi connectivity index (χ1v) is 8.54. The Balaban J connectivity index is 1.69. The highest BCUT2D eigenvalue weighted by Gasteiger charge is 2.51. The maximum atomic E-state index is 13.1. The maximum absolute atomic E-state index is 13.1. The van der Waals surface area contributed by atoms with E-state index < -0.39 is 36.1 Å². The van der Waals surface area contributed by atoms with Crippen molar-refractivity contribution < 1.29 is 23.9 Å². The van der Waals surface area contributed by atoms with Crippen molar-refractivity contribution in [3.05, 3.63) is 35.4 Å². The third-order valence-corrected chi connectivity index (χ3v) is 5.16. The average molecular weight is 342 g/mol. The molecule has 0 aromatic heterocycles. The second-order valence-electron chi connectivity index (χ2n) is 6.53. The number of rotatable bonds is 2. The quantitative estimate of drug-likeness (QED) is 0.598. The first kappa shape index (κ1) is 15.8. The van der Waals surface area contributed by atoms with Crippen LogP contribution in [0, 0.1) is 0 Å². The Hall–Kier alpha value is -2.70. The van der Waals surface area contributed by atoms with Gasteiger partial charge >= 0.3 is 5.97 Å². The molecule has 1 aromatic carbocycles. The predicted molar refractivity (Wildman–Crippen MR) is 85.4 cm³/mol. The van der Waals surface area contributed by atoms with Gasteiger partial charge in [0.15, 0.2) is 6.23 Å². The van der Waals surface area contributed by atoms with Crippen LogP contribution in [0.2, 0.25) is 0 Å². The number of carbonyl (C=O) groups excluding carboxylic acids is 4. The Bertz CT molecular complexity index is 754. The molecule has 4 rings (SSSR count). The van der Waals surface area contributed by atoms with Gasteiger partial charge in [-0.15, -0.1) is 0 Å². The van der Waals surface area contributed by atoms with Crippen LogP contribution in [0.15, 0.2) is 24.3 Å². The molecule has 0 N–H and O–H groups in total. The molecule has 0 unspecified atom stereocenters. The topological polar surface area (TPSA) is 84.0 Å². The number of carbonyl (C=O) groups is 4. The number of hydrogen-bond acceptors (Lipinski definition) is 5. The van der Waals surface area contributed by atoms with Crippen molar-refractivity contribution in [1.82, 2.24) is 9.80 Å². The fourth-order valence-corrected chi connectivity index (χ4v) is 3.95. The monoisotopic (exact) mass is 342 g/mol. The summed E-state index contributed by atoms with van der Waals surface area (Å²) >= 11 is 0. The molecular formula is C18H18N2O5. The van der Waals surface area contributed by atoms with Crippen LogP contribution in [0.3, 0.4) is 0 Å². The number of ether oxygens (including phenoxy) is 1. The van der Waals surface area contributed by atoms with Crippen molar-refractivity contribution in [2.75, 3.05) is 0 Å². The van der Waals surface area contributed by atoms with Gasteiger partial charge in [-0.3, -0.25) is 24.2 Å². The lowest BCUT2D eigenvalue weighted by Gasteiger charge is -2.30. The highest BCUT2D eigenvalue weighted by atomic mass is 16.6. The van der Waals surface area contributed by atoms with Crippen LogP contribution in [-0.4, -0.2) is 51.8 Å². The van der Waals surface area contributed by atoms with Crippen LogP contribution < -0.4 is 0 Å². The Kier molecular flexibility index (Phi) is 3.59. The summed E-state index contributed by atoms with van der Waals surface area (Å²) in [6.07, 6.45) is 1.34. The third kappa shape index (κ3) is 2.18. The molecule has 25 heavy (non-hydrogen) atoms. The third-order valence-electron chi connectivity index (χ3n) is 5.16. The van der Waals surface area contributed by atoms with Gasteiger partial charge in [0.1, 0.15) is 12.1 Å². The minimum Gasteiger partial charge on any atom is -0.440 e. The van der Waals surface area contributed by atoms with E-state index in [4.69, 9.17) is 4.74 Å². The van der Waals surface area contributed by atoms with Crippen LogP contribution in [0.1, 0.15) is 53.3 Å². The van der Waals surface area contributed by atoms with Crippen molar-refractivity contribution in [3.63, 3.8) is 0 Å². The van der Waals surface area contributed by atoms with E-state index in [1.165, 1.54) is 4.90 Å². The molecular weight excluding hydrogens is 324 g/mol. The van der Waals surface area contributed by atoms with E-state index >= 15 is 0 Å². The van der Waals surface area contributed by atoms with Gasteiger partial charge in [0, 0.05) is 6.42 Å². The molecule has 3 heterocycles. The summed E-state index contributed by atoms with van der Waals surface area (Å²) in [7, 11) is 0. The number of nitrogens with zero attached hydrogens (tertiary/aromatic N) is 2. The zero-order valence-electron chi connectivity index (χ0n) is 13.8.